The van der Waals surface area contributed by atoms with Crippen molar-refractivity contribution in [3.05, 3.63) is 52.6 Å². The standard InChI is InChI=1S/C28H42N8O3.ClH/c1-20(2)25(30)26(37)34-16-18-35(19-17-34)27(38)31-24-11-15-36(28(39)32-24)23-7-5-21(6-8-23)9-13-33-12-3-4-22(29)10-14-33;/h5-8,11,15,20,22,25H,3-4,9-10,12-14,16-19,29-30H2,1-2H3,(H,31,32,38,39);1H/t22?,25-;/m0./s1. The fraction of sp³-hybridized carbons (Fsp3) is 0.571. The van der Waals surface area contributed by atoms with Crippen molar-refractivity contribution in [2.75, 3.05) is 51.1 Å². The fourth-order valence-corrected chi connectivity index (χ4v) is 5.00. The maximum Gasteiger partial charge on any atom is 0.354 e. The Kier molecular flexibility index (Phi) is 11.5. The minimum absolute atomic E-state index is 0. The number of carbonyl (C=O) groups excluding carboxylic acids is 2. The summed E-state index contributed by atoms with van der Waals surface area (Å²) < 4.78 is 1.46. The van der Waals surface area contributed by atoms with E-state index in [0.29, 0.717) is 32.2 Å². The predicted molar refractivity (Wildman–Crippen MR) is 159 cm³/mol. The molecule has 40 heavy (non-hydrogen) atoms. The number of carbonyl (C=O) groups is 2. The molecule has 0 bridgehead atoms. The summed E-state index contributed by atoms with van der Waals surface area (Å²) in [5.74, 6) is 0.153. The van der Waals surface area contributed by atoms with Gasteiger partial charge in [0.15, 0.2) is 0 Å². The summed E-state index contributed by atoms with van der Waals surface area (Å²) in [6.07, 6.45) is 5.86. The molecule has 2 aromatic rings. The first-order valence-corrected chi connectivity index (χ1v) is 14.0. The Morgan fingerprint density at radius 2 is 1.68 bits per heavy atom. The monoisotopic (exact) mass is 574 g/mol. The molecule has 3 amide bonds. The number of hydrogen-bond acceptors (Lipinski definition) is 7. The lowest BCUT2D eigenvalue weighted by molar-refractivity contribution is -0.134. The van der Waals surface area contributed by atoms with Gasteiger partial charge >= 0.3 is 11.7 Å². The molecule has 1 aromatic heterocycles. The first-order valence-electron chi connectivity index (χ1n) is 14.0. The predicted octanol–water partition coefficient (Wildman–Crippen LogP) is 1.67. The van der Waals surface area contributed by atoms with Gasteiger partial charge in [-0.3, -0.25) is 14.7 Å². The minimum Gasteiger partial charge on any atom is -0.338 e. The molecule has 4 rings (SSSR count). The number of nitrogens with one attached hydrogen (secondary N) is 1. The van der Waals surface area contributed by atoms with E-state index in [2.05, 4.69) is 15.2 Å². The van der Waals surface area contributed by atoms with E-state index in [0.717, 1.165) is 51.0 Å². The third kappa shape index (κ3) is 8.26. The van der Waals surface area contributed by atoms with Crippen LogP contribution in [0.3, 0.4) is 0 Å². The van der Waals surface area contributed by atoms with Gasteiger partial charge in [-0.1, -0.05) is 26.0 Å². The van der Waals surface area contributed by atoms with Gasteiger partial charge in [0, 0.05) is 45.0 Å². The molecule has 0 spiro atoms. The summed E-state index contributed by atoms with van der Waals surface area (Å²) in [5, 5.41) is 2.70. The highest BCUT2D eigenvalue weighted by atomic mass is 35.5. The Morgan fingerprint density at radius 1 is 1.00 bits per heavy atom. The number of halogens is 1. The largest absolute Gasteiger partial charge is 0.354 e. The number of rotatable bonds is 7. The zero-order chi connectivity index (χ0) is 27.9. The van der Waals surface area contributed by atoms with Gasteiger partial charge < -0.3 is 26.2 Å². The number of piperazine rings is 1. The number of benzene rings is 1. The summed E-state index contributed by atoms with van der Waals surface area (Å²) >= 11 is 0. The minimum atomic E-state index is -0.540. The molecular weight excluding hydrogens is 532 g/mol. The van der Waals surface area contributed by atoms with E-state index in [1.165, 1.54) is 10.1 Å². The van der Waals surface area contributed by atoms with Crippen LogP contribution in [0.25, 0.3) is 5.69 Å². The summed E-state index contributed by atoms with van der Waals surface area (Å²) in [5.41, 5.74) is 13.5. The van der Waals surface area contributed by atoms with E-state index in [4.69, 9.17) is 11.5 Å². The van der Waals surface area contributed by atoms with Crippen LogP contribution in [-0.2, 0) is 11.2 Å². The third-order valence-corrected chi connectivity index (χ3v) is 7.72. The first kappa shape index (κ1) is 31.5. The molecular formula is C28H43ClN8O3. The summed E-state index contributed by atoms with van der Waals surface area (Å²) in [6, 6.07) is 8.96. The number of nitrogens with zero attached hydrogens (tertiary/aromatic N) is 5. The Labute approximate surface area is 242 Å². The van der Waals surface area contributed by atoms with Gasteiger partial charge in [0.2, 0.25) is 5.91 Å². The summed E-state index contributed by atoms with van der Waals surface area (Å²) in [4.78, 5) is 47.8. The van der Waals surface area contributed by atoms with E-state index in [9.17, 15) is 14.4 Å². The van der Waals surface area contributed by atoms with Crippen LogP contribution in [0.1, 0.15) is 38.7 Å². The Morgan fingerprint density at radius 3 is 2.33 bits per heavy atom. The molecule has 220 valence electrons. The zero-order valence-electron chi connectivity index (χ0n) is 23.5. The van der Waals surface area contributed by atoms with Crippen molar-refractivity contribution in [1.29, 1.82) is 0 Å². The number of urea groups is 1. The zero-order valence-corrected chi connectivity index (χ0v) is 24.3. The molecule has 2 aliphatic heterocycles. The van der Waals surface area contributed by atoms with E-state index in [1.54, 1.807) is 22.1 Å². The van der Waals surface area contributed by atoms with Crippen LogP contribution in [0.2, 0.25) is 0 Å². The summed E-state index contributed by atoms with van der Waals surface area (Å²) in [7, 11) is 0. The highest BCUT2D eigenvalue weighted by Gasteiger charge is 2.28. The first-order chi connectivity index (χ1) is 18.7. The van der Waals surface area contributed by atoms with Crippen LogP contribution in [0.15, 0.2) is 41.3 Å². The Hall–Kier alpha value is -2.99. The highest BCUT2D eigenvalue weighted by Crippen LogP contribution is 2.14. The number of hydrogen-bond donors (Lipinski definition) is 3. The number of likely N-dealkylation sites (tertiary alicyclic amines) is 1. The van der Waals surface area contributed by atoms with Gasteiger partial charge in [0.05, 0.1) is 11.7 Å². The molecule has 1 unspecified atom stereocenters. The average molecular weight is 575 g/mol. The SMILES string of the molecule is CC(C)[C@H](N)C(=O)N1CCN(C(=O)Nc2ccn(-c3ccc(CCN4CCCC(N)CC4)cc3)c(=O)n2)CC1.Cl. The van der Waals surface area contributed by atoms with E-state index >= 15 is 0 Å². The lowest BCUT2D eigenvalue weighted by atomic mass is 10.0. The topological polar surface area (TPSA) is 143 Å². The number of amides is 3. The maximum atomic E-state index is 12.7. The molecule has 3 heterocycles. The van der Waals surface area contributed by atoms with Crippen molar-refractivity contribution in [2.45, 2.75) is 51.6 Å². The van der Waals surface area contributed by atoms with Crippen LogP contribution in [0, 0.1) is 5.92 Å². The van der Waals surface area contributed by atoms with Crippen LogP contribution < -0.4 is 22.5 Å². The van der Waals surface area contributed by atoms with Gasteiger partial charge in [-0.25, -0.2) is 9.59 Å². The molecule has 5 N–H and O–H groups in total. The normalized spacial score (nSPS) is 19.1. The van der Waals surface area contributed by atoms with E-state index in [-0.39, 0.29) is 36.1 Å². The molecule has 0 aliphatic carbocycles. The molecule has 2 saturated heterocycles. The molecule has 2 fully saturated rings. The highest BCUT2D eigenvalue weighted by molar-refractivity contribution is 5.88. The molecule has 11 nitrogen and oxygen atoms in total. The third-order valence-electron chi connectivity index (χ3n) is 7.72. The van der Waals surface area contributed by atoms with E-state index < -0.39 is 11.7 Å². The Balaban J connectivity index is 0.00000441. The fourth-order valence-electron chi connectivity index (χ4n) is 5.00. The van der Waals surface area contributed by atoms with Crippen molar-refractivity contribution in [3.63, 3.8) is 0 Å². The molecule has 0 saturated carbocycles. The van der Waals surface area contributed by atoms with Crippen molar-refractivity contribution < 1.29 is 9.59 Å². The van der Waals surface area contributed by atoms with Crippen molar-refractivity contribution in [1.82, 2.24) is 24.3 Å². The molecule has 1 aromatic carbocycles. The molecule has 2 aliphatic rings. The molecule has 12 heteroatoms. The van der Waals surface area contributed by atoms with Crippen LogP contribution in [-0.4, -0.2) is 94.1 Å². The van der Waals surface area contributed by atoms with E-state index in [1.807, 2.05) is 38.1 Å². The van der Waals surface area contributed by atoms with Gasteiger partial charge in [-0.2, -0.15) is 4.98 Å². The average Bonchev–Trinajstić information content (AvgIpc) is 3.15. The maximum absolute atomic E-state index is 12.7. The van der Waals surface area contributed by atoms with Crippen LogP contribution >= 0.6 is 12.4 Å². The van der Waals surface area contributed by atoms with Gasteiger partial charge in [-0.05, 0) is 68.5 Å². The quantitative estimate of drug-likeness (QED) is 0.456. The second-order valence-corrected chi connectivity index (χ2v) is 10.9. The van der Waals surface area contributed by atoms with Gasteiger partial charge in [0.1, 0.15) is 5.82 Å². The lowest BCUT2D eigenvalue weighted by Crippen LogP contribution is -2.56. The summed E-state index contributed by atoms with van der Waals surface area (Å²) in [6.45, 7) is 8.58. The lowest BCUT2D eigenvalue weighted by Gasteiger charge is -2.36. The molecule has 0 radical (unpaired) electrons. The van der Waals surface area contributed by atoms with Crippen molar-refractivity contribution in [3.8, 4) is 5.69 Å². The molecule has 2 atom stereocenters. The van der Waals surface area contributed by atoms with Gasteiger partial charge in [0.25, 0.3) is 0 Å². The second kappa shape index (κ2) is 14.6. The number of nitrogens with two attached hydrogens (primary N) is 2. The number of aromatic nitrogens is 2. The van der Waals surface area contributed by atoms with Crippen molar-refractivity contribution in [2.24, 2.45) is 17.4 Å². The van der Waals surface area contributed by atoms with Crippen LogP contribution in [0.4, 0.5) is 10.6 Å². The Bertz CT molecular complexity index is 1180. The van der Waals surface area contributed by atoms with Gasteiger partial charge in [-0.15, -0.1) is 12.4 Å². The van der Waals surface area contributed by atoms with Crippen molar-refractivity contribution >= 4 is 30.2 Å². The smallest absolute Gasteiger partial charge is 0.338 e. The van der Waals surface area contributed by atoms with Crippen LogP contribution in [0.5, 0.6) is 0 Å². The number of anilines is 1. The second-order valence-electron chi connectivity index (χ2n) is 10.9.